The molecule has 7 heteroatoms. The summed E-state index contributed by atoms with van der Waals surface area (Å²) in [5.41, 5.74) is 2.97. The van der Waals surface area contributed by atoms with Crippen LogP contribution in [0.3, 0.4) is 0 Å². The van der Waals surface area contributed by atoms with Gasteiger partial charge in [0.15, 0.2) is 16.7 Å². The van der Waals surface area contributed by atoms with Gasteiger partial charge in [-0.25, -0.2) is 0 Å². The molecule has 1 saturated heterocycles. The molecular formula is C22H22N2O4S. The second-order valence-corrected chi connectivity index (χ2v) is 7.92. The van der Waals surface area contributed by atoms with Crippen molar-refractivity contribution in [1.29, 1.82) is 0 Å². The second kappa shape index (κ2) is 8.71. The number of amidine groups is 1. The molecule has 0 unspecified atom stereocenters. The van der Waals surface area contributed by atoms with Crippen LogP contribution in [-0.2, 0) is 16.1 Å². The van der Waals surface area contributed by atoms with Gasteiger partial charge in [-0.2, -0.15) is 4.99 Å². The van der Waals surface area contributed by atoms with Crippen LogP contribution in [0.5, 0.6) is 11.5 Å². The molecule has 0 radical (unpaired) electrons. The van der Waals surface area contributed by atoms with Gasteiger partial charge in [0.1, 0.15) is 6.61 Å². The monoisotopic (exact) mass is 410 g/mol. The highest BCUT2D eigenvalue weighted by Gasteiger charge is 2.27. The molecule has 6 nitrogen and oxygen atoms in total. The van der Waals surface area contributed by atoms with Gasteiger partial charge in [0.05, 0.1) is 18.1 Å². The summed E-state index contributed by atoms with van der Waals surface area (Å²) in [6, 6.07) is 13.1. The fraction of sp³-hybridized carbons (Fsp3) is 0.273. The smallest absolute Gasteiger partial charge is 0.286 e. The largest absolute Gasteiger partial charge is 0.504 e. The van der Waals surface area contributed by atoms with E-state index in [-0.39, 0.29) is 11.7 Å². The summed E-state index contributed by atoms with van der Waals surface area (Å²) >= 11 is 1.37. The number of aliphatic imine (C=N–C) groups is 1. The van der Waals surface area contributed by atoms with Crippen molar-refractivity contribution in [2.75, 3.05) is 26.3 Å². The molecule has 4 rings (SSSR count). The number of benzene rings is 2. The Labute approximate surface area is 173 Å². The Balaban J connectivity index is 1.45. The maximum Gasteiger partial charge on any atom is 0.286 e. The third-order valence-corrected chi connectivity index (χ3v) is 5.73. The van der Waals surface area contributed by atoms with Crippen molar-refractivity contribution >= 4 is 28.9 Å². The first kappa shape index (κ1) is 19.5. The average Bonchev–Trinajstić information content (AvgIpc) is 3.10. The predicted octanol–water partition coefficient (Wildman–Crippen LogP) is 3.58. The third kappa shape index (κ3) is 4.81. The molecule has 0 saturated carbocycles. The highest BCUT2D eigenvalue weighted by molar-refractivity contribution is 8.18. The number of amides is 1. The van der Waals surface area contributed by atoms with Crippen molar-refractivity contribution < 1.29 is 19.4 Å². The van der Waals surface area contributed by atoms with Crippen molar-refractivity contribution in [3.8, 4) is 11.5 Å². The Kier molecular flexibility index (Phi) is 5.87. The van der Waals surface area contributed by atoms with Gasteiger partial charge in [0.25, 0.3) is 5.91 Å². The number of ether oxygens (including phenoxy) is 2. The first-order chi connectivity index (χ1) is 14.1. The van der Waals surface area contributed by atoms with Gasteiger partial charge in [-0.15, -0.1) is 0 Å². The fourth-order valence-corrected chi connectivity index (χ4v) is 3.99. The summed E-state index contributed by atoms with van der Waals surface area (Å²) in [5, 5.41) is 10.8. The van der Waals surface area contributed by atoms with E-state index in [1.807, 2.05) is 31.2 Å². The molecule has 1 fully saturated rings. The van der Waals surface area contributed by atoms with E-state index in [2.05, 4.69) is 9.89 Å². The average molecular weight is 410 g/mol. The molecule has 0 aromatic heterocycles. The Bertz CT molecular complexity index is 963. The molecule has 0 bridgehead atoms. The summed E-state index contributed by atoms with van der Waals surface area (Å²) in [6.07, 6.45) is 1.78. The van der Waals surface area contributed by atoms with E-state index >= 15 is 0 Å². The minimum absolute atomic E-state index is 0.0647. The number of carbonyl (C=O) groups is 1. The van der Waals surface area contributed by atoms with Gasteiger partial charge in [-0.3, -0.25) is 4.79 Å². The summed E-state index contributed by atoms with van der Waals surface area (Å²) in [7, 11) is 0. The molecule has 2 aromatic rings. The molecule has 150 valence electrons. The highest BCUT2D eigenvalue weighted by Crippen LogP contribution is 2.33. The van der Waals surface area contributed by atoms with Crippen LogP contribution in [0.4, 0.5) is 0 Å². The predicted molar refractivity (Wildman–Crippen MR) is 114 cm³/mol. The zero-order chi connectivity index (χ0) is 20.2. The zero-order valence-electron chi connectivity index (χ0n) is 16.1. The van der Waals surface area contributed by atoms with Crippen molar-refractivity contribution in [1.82, 2.24) is 4.90 Å². The minimum atomic E-state index is -0.244. The molecule has 2 aliphatic rings. The number of thioether (sulfide) groups is 1. The number of phenolic OH excluding ortho intramolecular Hbond substituents is 1. The molecule has 29 heavy (non-hydrogen) atoms. The topological polar surface area (TPSA) is 71.4 Å². The van der Waals surface area contributed by atoms with E-state index < -0.39 is 0 Å². The molecule has 0 aliphatic carbocycles. The van der Waals surface area contributed by atoms with E-state index in [1.165, 1.54) is 17.3 Å². The van der Waals surface area contributed by atoms with E-state index in [1.54, 1.807) is 24.3 Å². The third-order valence-electron chi connectivity index (χ3n) is 4.69. The number of carbonyl (C=O) groups excluding carboxylic acids is 1. The molecule has 2 heterocycles. The molecule has 0 atom stereocenters. The lowest BCUT2D eigenvalue weighted by atomic mass is 10.1. The van der Waals surface area contributed by atoms with Gasteiger partial charge in [-0.05, 0) is 48.0 Å². The molecule has 1 N–H and O–H groups in total. The Morgan fingerprint density at radius 2 is 1.97 bits per heavy atom. The van der Waals surface area contributed by atoms with Crippen LogP contribution >= 0.6 is 11.8 Å². The zero-order valence-corrected chi connectivity index (χ0v) is 16.9. The molecule has 2 aromatic carbocycles. The summed E-state index contributed by atoms with van der Waals surface area (Å²) in [4.78, 5) is 19.1. The standard InChI is InChI=1S/C22H22N2O4S/c1-15-2-4-16(5-3-15)14-28-19-12-17(6-7-18(19)25)13-20-21(26)23-22(29-20)24-8-10-27-11-9-24/h2-7,12-13,25H,8-11,14H2,1H3/b20-13+. The van der Waals surface area contributed by atoms with Crippen LogP contribution in [0.15, 0.2) is 52.4 Å². The van der Waals surface area contributed by atoms with Crippen LogP contribution in [-0.4, -0.2) is 47.4 Å². The van der Waals surface area contributed by atoms with Gasteiger partial charge < -0.3 is 19.5 Å². The quantitative estimate of drug-likeness (QED) is 0.777. The first-order valence-corrected chi connectivity index (χ1v) is 10.3. The number of morpholine rings is 1. The maximum atomic E-state index is 12.3. The summed E-state index contributed by atoms with van der Waals surface area (Å²) in [6.45, 7) is 5.15. The number of hydrogen-bond acceptors (Lipinski definition) is 6. The molecule has 1 amide bonds. The van der Waals surface area contributed by atoms with Crippen molar-refractivity contribution in [2.45, 2.75) is 13.5 Å². The molecular weight excluding hydrogens is 388 g/mol. The van der Waals surface area contributed by atoms with Crippen LogP contribution in [0.1, 0.15) is 16.7 Å². The van der Waals surface area contributed by atoms with E-state index in [9.17, 15) is 9.90 Å². The van der Waals surface area contributed by atoms with Crippen molar-refractivity contribution in [3.63, 3.8) is 0 Å². The van der Waals surface area contributed by atoms with Crippen LogP contribution in [0.25, 0.3) is 6.08 Å². The number of nitrogens with zero attached hydrogens (tertiary/aromatic N) is 2. The van der Waals surface area contributed by atoms with Crippen molar-refractivity contribution in [3.05, 3.63) is 64.1 Å². The van der Waals surface area contributed by atoms with E-state index in [0.717, 1.165) is 29.4 Å². The highest BCUT2D eigenvalue weighted by atomic mass is 32.2. The minimum Gasteiger partial charge on any atom is -0.504 e. The fourth-order valence-electron chi connectivity index (χ4n) is 3.02. The lowest BCUT2D eigenvalue weighted by Gasteiger charge is -2.27. The van der Waals surface area contributed by atoms with Crippen LogP contribution < -0.4 is 4.74 Å². The van der Waals surface area contributed by atoms with Gasteiger partial charge in [-0.1, -0.05) is 35.9 Å². The van der Waals surface area contributed by atoms with E-state index in [0.29, 0.717) is 30.5 Å². The number of aryl methyl sites for hydroxylation is 1. The maximum absolute atomic E-state index is 12.3. The summed E-state index contributed by atoms with van der Waals surface area (Å²) < 4.78 is 11.1. The molecule has 2 aliphatic heterocycles. The normalized spacial score (nSPS) is 18.2. The van der Waals surface area contributed by atoms with Gasteiger partial charge >= 0.3 is 0 Å². The van der Waals surface area contributed by atoms with E-state index in [4.69, 9.17) is 9.47 Å². The Morgan fingerprint density at radius 3 is 2.72 bits per heavy atom. The molecule has 0 spiro atoms. The van der Waals surface area contributed by atoms with Crippen molar-refractivity contribution in [2.24, 2.45) is 4.99 Å². The number of phenols is 1. The van der Waals surface area contributed by atoms with Gasteiger partial charge in [0.2, 0.25) is 0 Å². The van der Waals surface area contributed by atoms with Crippen LogP contribution in [0.2, 0.25) is 0 Å². The number of hydrogen-bond donors (Lipinski definition) is 1. The first-order valence-electron chi connectivity index (χ1n) is 9.45. The summed E-state index contributed by atoms with van der Waals surface area (Å²) in [5.74, 6) is 0.200. The lowest BCUT2D eigenvalue weighted by molar-refractivity contribution is -0.113. The number of rotatable bonds is 4. The Hall–Kier alpha value is -2.77. The Morgan fingerprint density at radius 1 is 1.21 bits per heavy atom. The SMILES string of the molecule is Cc1ccc(COc2cc(/C=C3/SC(N4CCOCC4)=NC3=O)ccc2O)cc1. The second-order valence-electron chi connectivity index (χ2n) is 6.91. The van der Waals surface area contributed by atoms with Gasteiger partial charge in [0, 0.05) is 13.1 Å². The van der Waals surface area contributed by atoms with Crippen LogP contribution in [0, 0.1) is 6.92 Å². The lowest BCUT2D eigenvalue weighted by Crippen LogP contribution is -2.38. The number of aromatic hydroxyl groups is 1.